The first-order valence-corrected chi connectivity index (χ1v) is 31.5. The average molecular weight is 1090 g/mol. The molecule has 2 amide bonds. The summed E-state index contributed by atoms with van der Waals surface area (Å²) in [5, 5.41) is 42.8. The predicted octanol–water partition coefficient (Wildman–Crippen LogP) is 9.07. The molecular formula is C62H80N4O9S2. The van der Waals surface area contributed by atoms with Gasteiger partial charge in [0.15, 0.2) is 0 Å². The zero-order valence-electron chi connectivity index (χ0n) is 45.0. The molecule has 0 radical (unpaired) electrons. The molecule has 5 heterocycles. The summed E-state index contributed by atoms with van der Waals surface area (Å²) >= 11 is 0. The number of carbonyl (C=O) groups excluding carboxylic acids is 4. The van der Waals surface area contributed by atoms with Crippen LogP contribution in [0.3, 0.4) is 0 Å². The van der Waals surface area contributed by atoms with E-state index in [1.54, 1.807) is 21.6 Å². The minimum Gasteiger partial charge on any atom is -0.427 e. The third-order valence-electron chi connectivity index (χ3n) is 19.9. The Kier molecular flexibility index (Phi) is 16.6. The first-order chi connectivity index (χ1) is 37.4. The molecule has 5 aliphatic heterocycles. The second-order valence-corrected chi connectivity index (χ2v) is 26.8. The van der Waals surface area contributed by atoms with Gasteiger partial charge in [-0.3, -0.25) is 14.5 Å². The van der Waals surface area contributed by atoms with Crippen LogP contribution in [0.2, 0.25) is 0 Å². The fourth-order valence-electron chi connectivity index (χ4n) is 16.2. The van der Waals surface area contributed by atoms with Crippen molar-refractivity contribution in [1.29, 1.82) is 0 Å². The number of allylic oxidation sites excluding steroid dienone is 5. The molecule has 4 fully saturated rings. The lowest BCUT2D eigenvalue weighted by atomic mass is 9.43. The molecule has 12 rings (SSSR count). The van der Waals surface area contributed by atoms with E-state index in [-0.39, 0.29) is 83.8 Å². The number of esters is 2. The minimum atomic E-state index is -0.971. The summed E-state index contributed by atoms with van der Waals surface area (Å²) in [5.74, 6) is 1.33. The second-order valence-electron chi connectivity index (χ2n) is 24.3. The lowest BCUT2D eigenvalue weighted by molar-refractivity contribution is -0.138. The van der Waals surface area contributed by atoms with E-state index in [0.717, 1.165) is 112 Å². The molecule has 10 unspecified atom stereocenters. The molecule has 7 bridgehead atoms. The number of nitrogens with one attached hydrogen (secondary N) is 3. The van der Waals surface area contributed by atoms with Gasteiger partial charge in [0.25, 0.3) is 11.8 Å². The van der Waals surface area contributed by atoms with Gasteiger partial charge in [0.1, 0.15) is 11.5 Å². The third kappa shape index (κ3) is 10.8. The number of hydrogen-bond acceptors (Lipinski definition) is 14. The SMILES string of the molecule is CCC1(C=C2OC(=O)C3=C2CCC2C4CCC5(C6=CCC(C7CCC(CC(CO)CC(CO)Cc8ccccc8)CC7)C(NCC(C)O)SSCNC7=CC(=CCN7)C(CN7C(=O)C=CC7=O)C4=C5C(=O)O6)C32)CCCC1. The van der Waals surface area contributed by atoms with Gasteiger partial charge >= 0.3 is 11.9 Å². The molecule has 6 aliphatic carbocycles. The number of cyclic esters (lactones) is 1. The van der Waals surface area contributed by atoms with Crippen LogP contribution in [0.4, 0.5) is 0 Å². The largest absolute Gasteiger partial charge is 0.427 e. The quantitative estimate of drug-likeness (QED) is 0.0523. The predicted molar refractivity (Wildman–Crippen MR) is 299 cm³/mol. The lowest BCUT2D eigenvalue weighted by Crippen LogP contribution is -2.54. The number of dihydropyridines is 1. The summed E-state index contributed by atoms with van der Waals surface area (Å²) < 4.78 is 13.3. The van der Waals surface area contributed by atoms with Crippen molar-refractivity contribution in [2.75, 3.05) is 38.7 Å². The van der Waals surface area contributed by atoms with Crippen molar-refractivity contribution in [3.05, 3.63) is 118 Å². The molecule has 1 spiro atoms. The Balaban J connectivity index is 0.981. The summed E-state index contributed by atoms with van der Waals surface area (Å²) in [4.78, 5) is 58.6. The zero-order valence-corrected chi connectivity index (χ0v) is 46.7. The summed E-state index contributed by atoms with van der Waals surface area (Å²) in [7, 11) is 3.49. The van der Waals surface area contributed by atoms with E-state index in [0.29, 0.717) is 72.7 Å². The Morgan fingerprint density at radius 2 is 1.66 bits per heavy atom. The molecule has 1 aromatic carbocycles. The van der Waals surface area contributed by atoms with E-state index in [4.69, 9.17) is 9.47 Å². The fraction of sp³-hybridized carbons (Fsp3) is 0.613. The van der Waals surface area contributed by atoms with Crippen molar-refractivity contribution in [3.63, 3.8) is 0 Å². The summed E-state index contributed by atoms with van der Waals surface area (Å²) in [6.07, 6.45) is 26.2. The molecule has 13 nitrogen and oxygen atoms in total. The zero-order chi connectivity index (χ0) is 53.4. The highest BCUT2D eigenvalue weighted by Crippen LogP contribution is 2.72. The Morgan fingerprint density at radius 1 is 0.896 bits per heavy atom. The van der Waals surface area contributed by atoms with E-state index in [1.807, 2.05) is 25.1 Å². The first kappa shape index (κ1) is 54.6. The fourth-order valence-corrected chi connectivity index (χ4v) is 18.7. The van der Waals surface area contributed by atoms with Crippen molar-refractivity contribution in [2.45, 2.75) is 134 Å². The van der Waals surface area contributed by atoms with Crippen LogP contribution in [0.15, 0.2) is 112 Å². The van der Waals surface area contributed by atoms with Crippen LogP contribution in [0.1, 0.15) is 122 Å². The number of rotatable bonds is 16. The number of hydrogen-bond donors (Lipinski definition) is 6. The van der Waals surface area contributed by atoms with Crippen LogP contribution in [-0.4, -0.2) is 94.2 Å². The maximum Gasteiger partial charge on any atom is 0.340 e. The van der Waals surface area contributed by atoms with Gasteiger partial charge in [0.2, 0.25) is 0 Å². The number of imide groups is 1. The van der Waals surface area contributed by atoms with E-state index in [9.17, 15) is 29.7 Å². The van der Waals surface area contributed by atoms with E-state index in [2.05, 4.69) is 59.3 Å². The van der Waals surface area contributed by atoms with Crippen LogP contribution < -0.4 is 16.0 Å². The summed E-state index contributed by atoms with van der Waals surface area (Å²) in [6.45, 7) is 5.24. The topological polar surface area (TPSA) is 187 Å². The smallest absolute Gasteiger partial charge is 0.340 e. The van der Waals surface area contributed by atoms with Crippen molar-refractivity contribution in [2.24, 2.45) is 64.1 Å². The Bertz CT molecular complexity index is 2640. The number of amides is 2. The molecular weight excluding hydrogens is 1010 g/mol. The highest BCUT2D eigenvalue weighted by atomic mass is 33.1. The molecule has 1 saturated heterocycles. The standard InChI is InChI=1S/C62H80N4O9S2/c1-3-61(23-7-8-24-61)31-49-47-16-15-46-45-21-25-62(56(46)55(47)59(72)74-49)50-18-17-44(42-13-11-39(12-14-42)28-41(35-68)29-40(34-67)27-38-9-5-4-6-10-38)58(64-32-37(2)69)77-76-36-65-51-30-43(22-26-63-51)48(54(45)57(62)60(73)75-50)33-66-52(70)19-20-53(66)71/h4-6,9-10,18-20,22,30-31,37,39-42,44-46,48,56,58,63-65,67-69H,3,7-8,11-17,21,23-29,32-36H2,1-2H3. The van der Waals surface area contributed by atoms with E-state index in [1.165, 1.54) is 22.6 Å². The lowest BCUT2D eigenvalue weighted by Gasteiger charge is -2.57. The van der Waals surface area contributed by atoms with Gasteiger partial charge < -0.3 is 40.7 Å². The number of aliphatic hydroxyl groups is 3. The molecule has 3 saturated carbocycles. The number of aliphatic hydroxyl groups excluding tert-OH is 3. The van der Waals surface area contributed by atoms with Crippen molar-refractivity contribution < 1.29 is 44.0 Å². The summed E-state index contributed by atoms with van der Waals surface area (Å²) in [6, 6.07) is 10.3. The highest BCUT2D eigenvalue weighted by molar-refractivity contribution is 8.76. The van der Waals surface area contributed by atoms with E-state index < -0.39 is 23.4 Å². The van der Waals surface area contributed by atoms with Gasteiger partial charge in [-0.2, -0.15) is 0 Å². The van der Waals surface area contributed by atoms with Crippen LogP contribution in [0, 0.1) is 64.1 Å². The molecule has 414 valence electrons. The van der Waals surface area contributed by atoms with Crippen molar-refractivity contribution in [1.82, 2.24) is 20.9 Å². The number of benzene rings is 1. The van der Waals surface area contributed by atoms with Gasteiger partial charge in [-0.15, -0.1) is 0 Å². The van der Waals surface area contributed by atoms with Crippen molar-refractivity contribution >= 4 is 45.3 Å². The van der Waals surface area contributed by atoms with Crippen LogP contribution in [-0.2, 0) is 35.1 Å². The van der Waals surface area contributed by atoms with E-state index >= 15 is 4.79 Å². The monoisotopic (exact) mass is 1090 g/mol. The number of fused-ring (bicyclic) bond motifs is 2. The first-order valence-electron chi connectivity index (χ1n) is 29.2. The molecule has 0 aromatic heterocycles. The molecule has 10 atom stereocenters. The molecule has 1 aromatic rings. The van der Waals surface area contributed by atoms with Gasteiger partial charge in [-0.1, -0.05) is 90.6 Å². The van der Waals surface area contributed by atoms with Crippen LogP contribution >= 0.6 is 21.6 Å². The van der Waals surface area contributed by atoms with Gasteiger partial charge in [0, 0.05) is 68.0 Å². The third-order valence-corrected chi connectivity index (χ3v) is 22.4. The number of ether oxygens (including phenoxy) is 2. The van der Waals surface area contributed by atoms with Crippen LogP contribution in [0.5, 0.6) is 0 Å². The maximum absolute atomic E-state index is 15.4. The van der Waals surface area contributed by atoms with Crippen LogP contribution in [0.25, 0.3) is 0 Å². The van der Waals surface area contributed by atoms with Gasteiger partial charge in [0.05, 0.1) is 34.2 Å². The molecule has 77 heavy (non-hydrogen) atoms. The number of nitrogens with zero attached hydrogens (tertiary/aromatic N) is 1. The summed E-state index contributed by atoms with van der Waals surface area (Å²) in [5.41, 5.74) is 4.39. The van der Waals surface area contributed by atoms with Crippen molar-refractivity contribution in [3.8, 4) is 0 Å². The number of carbonyl (C=O) groups is 4. The van der Waals surface area contributed by atoms with Gasteiger partial charge in [-0.25, -0.2) is 9.59 Å². The molecule has 11 aliphatic rings. The maximum atomic E-state index is 15.4. The normalized spacial score (nSPS) is 33.4. The Hall–Kier alpha value is -4.38. The highest BCUT2D eigenvalue weighted by Gasteiger charge is 2.69. The molecule has 6 N–H and O–H groups in total. The second kappa shape index (κ2) is 23.4. The Morgan fingerprint density at radius 3 is 2.39 bits per heavy atom. The minimum absolute atomic E-state index is 0.0116. The Labute approximate surface area is 462 Å². The average Bonchev–Trinajstić information content (AvgIpc) is 4.32. The van der Waals surface area contributed by atoms with Gasteiger partial charge in [-0.05, 0) is 172 Å². The molecule has 15 heteroatoms.